The maximum atomic E-state index is 12.4. The van der Waals surface area contributed by atoms with Crippen LogP contribution in [-0.4, -0.2) is 9.97 Å². The van der Waals surface area contributed by atoms with Gasteiger partial charge in [0.1, 0.15) is 5.15 Å². The van der Waals surface area contributed by atoms with Crippen LogP contribution in [0.15, 0.2) is 30.3 Å². The van der Waals surface area contributed by atoms with E-state index in [1.807, 2.05) is 0 Å². The predicted octanol–water partition coefficient (Wildman–Crippen LogP) is 4.12. The second-order valence-electron chi connectivity index (χ2n) is 3.73. The second-order valence-corrected chi connectivity index (χ2v) is 4.12. The molecule has 2 nitrogen and oxygen atoms in total. The summed E-state index contributed by atoms with van der Waals surface area (Å²) < 4.78 is 37.2. The first kappa shape index (κ1) is 12.8. The summed E-state index contributed by atoms with van der Waals surface area (Å²) in [7, 11) is 0. The first-order chi connectivity index (χ1) is 8.36. The van der Waals surface area contributed by atoms with Crippen LogP contribution >= 0.6 is 11.6 Å². The normalized spacial score (nSPS) is 11.6. The van der Waals surface area contributed by atoms with Gasteiger partial charge in [-0.25, -0.2) is 9.97 Å². The molecular weight excluding hydrogens is 265 g/mol. The summed E-state index contributed by atoms with van der Waals surface area (Å²) >= 11 is 5.77. The van der Waals surface area contributed by atoms with E-state index in [1.54, 1.807) is 13.0 Å². The highest BCUT2D eigenvalue weighted by atomic mass is 35.5. The fourth-order valence-corrected chi connectivity index (χ4v) is 1.71. The Hall–Kier alpha value is -1.62. The largest absolute Gasteiger partial charge is 0.416 e. The predicted molar refractivity (Wildman–Crippen MR) is 62.2 cm³/mol. The Morgan fingerprint density at radius 2 is 1.67 bits per heavy atom. The molecule has 0 spiro atoms. The van der Waals surface area contributed by atoms with E-state index in [4.69, 9.17) is 11.6 Å². The highest BCUT2D eigenvalue weighted by Crippen LogP contribution is 2.30. The van der Waals surface area contributed by atoms with E-state index in [0.29, 0.717) is 17.1 Å². The van der Waals surface area contributed by atoms with Gasteiger partial charge in [-0.05, 0) is 25.1 Å². The van der Waals surface area contributed by atoms with Crippen LogP contribution in [0.2, 0.25) is 5.15 Å². The van der Waals surface area contributed by atoms with Crippen molar-refractivity contribution in [3.63, 3.8) is 0 Å². The van der Waals surface area contributed by atoms with Crippen molar-refractivity contribution in [2.45, 2.75) is 13.1 Å². The van der Waals surface area contributed by atoms with Gasteiger partial charge in [0.25, 0.3) is 0 Å². The standard InChI is InChI=1S/C12H8ClF3N2/c1-7-6-10(13)18-11(17-7)8-2-4-9(5-3-8)12(14,15)16/h2-6H,1H3. The molecule has 0 saturated heterocycles. The third kappa shape index (κ3) is 2.79. The van der Waals surface area contributed by atoms with Crippen molar-refractivity contribution < 1.29 is 13.2 Å². The molecule has 0 fully saturated rings. The maximum Gasteiger partial charge on any atom is 0.416 e. The lowest BCUT2D eigenvalue weighted by molar-refractivity contribution is -0.137. The minimum absolute atomic E-state index is 0.261. The summed E-state index contributed by atoms with van der Waals surface area (Å²) in [5.74, 6) is 0.314. The minimum Gasteiger partial charge on any atom is -0.233 e. The van der Waals surface area contributed by atoms with Gasteiger partial charge in [-0.3, -0.25) is 0 Å². The number of aromatic nitrogens is 2. The molecule has 18 heavy (non-hydrogen) atoms. The maximum absolute atomic E-state index is 12.4. The van der Waals surface area contributed by atoms with Crippen LogP contribution in [0.1, 0.15) is 11.3 Å². The van der Waals surface area contributed by atoms with E-state index < -0.39 is 11.7 Å². The van der Waals surface area contributed by atoms with Gasteiger partial charge in [0, 0.05) is 11.3 Å². The van der Waals surface area contributed by atoms with Crippen molar-refractivity contribution in [2.24, 2.45) is 0 Å². The van der Waals surface area contributed by atoms with Crippen molar-refractivity contribution in [2.75, 3.05) is 0 Å². The molecule has 1 heterocycles. The molecule has 1 aromatic carbocycles. The Bertz CT molecular complexity index is 544. The number of halogens is 4. The van der Waals surface area contributed by atoms with Crippen LogP contribution in [-0.2, 0) is 6.18 Å². The van der Waals surface area contributed by atoms with Gasteiger partial charge in [-0.1, -0.05) is 23.7 Å². The van der Waals surface area contributed by atoms with Crippen molar-refractivity contribution in [1.82, 2.24) is 9.97 Å². The summed E-state index contributed by atoms with van der Waals surface area (Å²) in [6.07, 6.45) is -4.34. The average Bonchev–Trinajstić information content (AvgIpc) is 2.27. The molecule has 2 aromatic rings. The van der Waals surface area contributed by atoms with Crippen molar-refractivity contribution >= 4 is 11.6 Å². The highest BCUT2D eigenvalue weighted by Gasteiger charge is 2.30. The molecule has 94 valence electrons. The Labute approximate surface area is 106 Å². The molecule has 0 radical (unpaired) electrons. The second kappa shape index (κ2) is 4.57. The summed E-state index contributed by atoms with van der Waals surface area (Å²) in [6.45, 7) is 1.74. The number of rotatable bonds is 1. The van der Waals surface area contributed by atoms with Crippen molar-refractivity contribution in [3.8, 4) is 11.4 Å². The molecule has 0 aliphatic heterocycles. The highest BCUT2D eigenvalue weighted by molar-refractivity contribution is 6.29. The zero-order valence-corrected chi connectivity index (χ0v) is 10.0. The lowest BCUT2D eigenvalue weighted by Gasteiger charge is -2.07. The van der Waals surface area contributed by atoms with Crippen LogP contribution in [0.3, 0.4) is 0 Å². The molecule has 0 atom stereocenters. The van der Waals surface area contributed by atoms with Gasteiger partial charge in [-0.15, -0.1) is 0 Å². The van der Waals surface area contributed by atoms with E-state index in [2.05, 4.69) is 9.97 Å². The van der Waals surface area contributed by atoms with Gasteiger partial charge < -0.3 is 0 Å². The number of hydrogen-bond acceptors (Lipinski definition) is 2. The Morgan fingerprint density at radius 3 is 2.17 bits per heavy atom. The molecule has 6 heteroatoms. The smallest absolute Gasteiger partial charge is 0.233 e. The van der Waals surface area contributed by atoms with Gasteiger partial charge in [0.2, 0.25) is 0 Å². The molecule has 1 aromatic heterocycles. The topological polar surface area (TPSA) is 25.8 Å². The van der Waals surface area contributed by atoms with Crippen LogP contribution in [0.4, 0.5) is 13.2 Å². The van der Waals surface area contributed by atoms with Crippen molar-refractivity contribution in [1.29, 1.82) is 0 Å². The third-order valence-electron chi connectivity index (χ3n) is 2.29. The molecule has 2 rings (SSSR count). The molecule has 0 N–H and O–H groups in total. The lowest BCUT2D eigenvalue weighted by Crippen LogP contribution is -2.04. The lowest BCUT2D eigenvalue weighted by atomic mass is 10.1. The Kier molecular flexibility index (Phi) is 3.26. The zero-order chi connectivity index (χ0) is 13.3. The monoisotopic (exact) mass is 272 g/mol. The fraction of sp³-hybridized carbons (Fsp3) is 0.167. The van der Waals surface area contributed by atoms with E-state index in [-0.39, 0.29) is 5.15 Å². The summed E-state index contributed by atoms with van der Waals surface area (Å²) in [6, 6.07) is 6.22. The van der Waals surface area contributed by atoms with E-state index >= 15 is 0 Å². The summed E-state index contributed by atoms with van der Waals surface area (Å²) in [5, 5.41) is 0.261. The number of benzene rings is 1. The van der Waals surface area contributed by atoms with E-state index in [9.17, 15) is 13.2 Å². The van der Waals surface area contributed by atoms with Crippen LogP contribution in [0.5, 0.6) is 0 Å². The fourth-order valence-electron chi connectivity index (χ4n) is 1.47. The summed E-state index contributed by atoms with van der Waals surface area (Å²) in [5.41, 5.74) is 0.448. The molecule has 0 saturated carbocycles. The summed E-state index contributed by atoms with van der Waals surface area (Å²) in [4.78, 5) is 8.09. The molecule has 0 aliphatic carbocycles. The molecule has 0 bridgehead atoms. The van der Waals surface area contributed by atoms with Gasteiger partial charge in [0.15, 0.2) is 5.82 Å². The van der Waals surface area contributed by atoms with Gasteiger partial charge in [-0.2, -0.15) is 13.2 Å². The number of aryl methyl sites for hydroxylation is 1. The van der Waals surface area contributed by atoms with Gasteiger partial charge >= 0.3 is 6.18 Å². The number of alkyl halides is 3. The molecular formula is C12H8ClF3N2. The minimum atomic E-state index is -4.34. The van der Waals surface area contributed by atoms with E-state index in [0.717, 1.165) is 12.1 Å². The zero-order valence-electron chi connectivity index (χ0n) is 9.29. The molecule has 0 amide bonds. The van der Waals surface area contributed by atoms with Crippen LogP contribution in [0, 0.1) is 6.92 Å². The average molecular weight is 273 g/mol. The van der Waals surface area contributed by atoms with Gasteiger partial charge in [0.05, 0.1) is 5.56 Å². The quantitative estimate of drug-likeness (QED) is 0.730. The first-order valence-electron chi connectivity index (χ1n) is 5.05. The Balaban J connectivity index is 2.40. The number of nitrogens with zero attached hydrogens (tertiary/aromatic N) is 2. The first-order valence-corrected chi connectivity index (χ1v) is 5.43. The van der Waals surface area contributed by atoms with Crippen LogP contribution < -0.4 is 0 Å². The van der Waals surface area contributed by atoms with Crippen molar-refractivity contribution in [3.05, 3.63) is 46.7 Å². The Morgan fingerprint density at radius 1 is 1.06 bits per heavy atom. The van der Waals surface area contributed by atoms with Crippen LogP contribution in [0.25, 0.3) is 11.4 Å². The SMILES string of the molecule is Cc1cc(Cl)nc(-c2ccc(C(F)(F)F)cc2)n1. The van der Waals surface area contributed by atoms with E-state index in [1.165, 1.54) is 12.1 Å². The molecule has 0 aliphatic rings. The third-order valence-corrected chi connectivity index (χ3v) is 2.49. The molecule has 0 unspecified atom stereocenters. The number of hydrogen-bond donors (Lipinski definition) is 0.